The highest BCUT2D eigenvalue weighted by molar-refractivity contribution is 5.79. The van der Waals surface area contributed by atoms with Crippen molar-refractivity contribution in [1.29, 1.82) is 0 Å². The maximum Gasteiger partial charge on any atom is 0.311 e. The van der Waals surface area contributed by atoms with Crippen molar-refractivity contribution in [3.05, 3.63) is 0 Å². The first kappa shape index (κ1) is 14.9. The van der Waals surface area contributed by atoms with Crippen molar-refractivity contribution in [1.82, 2.24) is 5.32 Å². The third kappa shape index (κ3) is 4.27. The number of hydrogen-bond acceptors (Lipinski definition) is 4. The summed E-state index contributed by atoms with van der Waals surface area (Å²) in [5.74, 6) is -1.09. The van der Waals surface area contributed by atoms with Crippen molar-refractivity contribution in [2.45, 2.75) is 38.6 Å². The zero-order valence-corrected chi connectivity index (χ0v) is 11.0. The second-order valence-corrected chi connectivity index (χ2v) is 5.64. The van der Waals surface area contributed by atoms with Gasteiger partial charge in [0.2, 0.25) is 5.91 Å². The van der Waals surface area contributed by atoms with E-state index in [0.29, 0.717) is 26.1 Å². The number of nitrogens with two attached hydrogens (primary N) is 1. The third-order valence-electron chi connectivity index (χ3n) is 3.14. The van der Waals surface area contributed by atoms with E-state index in [9.17, 15) is 14.7 Å². The van der Waals surface area contributed by atoms with E-state index < -0.39 is 16.9 Å². The van der Waals surface area contributed by atoms with Crippen LogP contribution in [0.4, 0.5) is 0 Å². The number of carboxylic acids is 1. The van der Waals surface area contributed by atoms with Gasteiger partial charge in [0, 0.05) is 31.7 Å². The zero-order chi connectivity index (χ0) is 13.8. The molecule has 1 fully saturated rings. The molecule has 1 aliphatic rings. The summed E-state index contributed by atoms with van der Waals surface area (Å²) in [6.07, 6.45) is 1.03. The maximum absolute atomic E-state index is 11.7. The standard InChI is InChI=1S/C12H22N2O4/c1-11(2,13)7-9(15)14-8-12(10(16)17)3-5-18-6-4-12/h3-8,13H2,1-2H3,(H,14,15)(H,16,17). The van der Waals surface area contributed by atoms with Crippen molar-refractivity contribution in [3.8, 4) is 0 Å². The predicted octanol–water partition coefficient (Wildman–Crippen LogP) is 0.111. The Morgan fingerprint density at radius 3 is 2.39 bits per heavy atom. The molecule has 4 N–H and O–H groups in total. The molecule has 0 atom stereocenters. The fourth-order valence-corrected chi connectivity index (χ4v) is 1.97. The van der Waals surface area contributed by atoms with Gasteiger partial charge in [-0.05, 0) is 26.7 Å². The molecule has 1 heterocycles. The molecule has 0 aromatic rings. The van der Waals surface area contributed by atoms with Crippen LogP contribution in [0.15, 0.2) is 0 Å². The number of rotatable bonds is 5. The van der Waals surface area contributed by atoms with Gasteiger partial charge in [-0.25, -0.2) is 0 Å². The van der Waals surface area contributed by atoms with Gasteiger partial charge in [-0.15, -0.1) is 0 Å². The minimum atomic E-state index is -0.896. The van der Waals surface area contributed by atoms with Crippen molar-refractivity contribution in [2.75, 3.05) is 19.8 Å². The fourth-order valence-electron chi connectivity index (χ4n) is 1.97. The quantitative estimate of drug-likeness (QED) is 0.649. The normalized spacial score (nSPS) is 19.3. The van der Waals surface area contributed by atoms with Crippen molar-refractivity contribution >= 4 is 11.9 Å². The van der Waals surface area contributed by atoms with Gasteiger partial charge in [-0.1, -0.05) is 0 Å². The van der Waals surface area contributed by atoms with Crippen LogP contribution in [0.3, 0.4) is 0 Å². The van der Waals surface area contributed by atoms with Crippen LogP contribution in [0, 0.1) is 5.41 Å². The molecule has 18 heavy (non-hydrogen) atoms. The second-order valence-electron chi connectivity index (χ2n) is 5.64. The highest BCUT2D eigenvalue weighted by Gasteiger charge is 2.40. The lowest BCUT2D eigenvalue weighted by Crippen LogP contribution is -2.48. The Labute approximate surface area is 107 Å². The average molecular weight is 258 g/mol. The van der Waals surface area contributed by atoms with E-state index in [2.05, 4.69) is 5.32 Å². The van der Waals surface area contributed by atoms with Gasteiger partial charge >= 0.3 is 5.97 Å². The van der Waals surface area contributed by atoms with Gasteiger partial charge in [0.15, 0.2) is 0 Å². The SMILES string of the molecule is CC(C)(N)CC(=O)NCC1(C(=O)O)CCOCC1. The Balaban J connectivity index is 2.53. The topological polar surface area (TPSA) is 102 Å². The van der Waals surface area contributed by atoms with E-state index in [4.69, 9.17) is 10.5 Å². The third-order valence-corrected chi connectivity index (χ3v) is 3.14. The molecule has 0 radical (unpaired) electrons. The highest BCUT2D eigenvalue weighted by atomic mass is 16.5. The van der Waals surface area contributed by atoms with Crippen molar-refractivity contribution < 1.29 is 19.4 Å². The molecular weight excluding hydrogens is 236 g/mol. The summed E-state index contributed by atoms with van der Waals surface area (Å²) in [7, 11) is 0. The molecule has 0 aliphatic carbocycles. The van der Waals surface area contributed by atoms with E-state index in [1.54, 1.807) is 13.8 Å². The number of ether oxygens (including phenoxy) is 1. The first-order valence-corrected chi connectivity index (χ1v) is 6.12. The van der Waals surface area contributed by atoms with Gasteiger partial charge in [-0.2, -0.15) is 0 Å². The van der Waals surface area contributed by atoms with Crippen LogP contribution in [0.25, 0.3) is 0 Å². The van der Waals surface area contributed by atoms with Crippen molar-refractivity contribution in [2.24, 2.45) is 11.1 Å². The van der Waals surface area contributed by atoms with E-state index >= 15 is 0 Å². The van der Waals surface area contributed by atoms with E-state index in [-0.39, 0.29) is 18.9 Å². The lowest BCUT2D eigenvalue weighted by Gasteiger charge is -2.33. The average Bonchev–Trinajstić information content (AvgIpc) is 2.25. The molecule has 6 nitrogen and oxygen atoms in total. The maximum atomic E-state index is 11.7. The fraction of sp³-hybridized carbons (Fsp3) is 0.833. The molecule has 1 rings (SSSR count). The van der Waals surface area contributed by atoms with Gasteiger partial charge in [-0.3, -0.25) is 9.59 Å². The molecule has 104 valence electrons. The molecule has 0 bridgehead atoms. The van der Waals surface area contributed by atoms with Crippen LogP contribution in [-0.2, 0) is 14.3 Å². The van der Waals surface area contributed by atoms with Crippen LogP contribution in [0.2, 0.25) is 0 Å². The zero-order valence-electron chi connectivity index (χ0n) is 11.0. The van der Waals surface area contributed by atoms with Crippen LogP contribution in [0.1, 0.15) is 33.1 Å². The van der Waals surface area contributed by atoms with Crippen molar-refractivity contribution in [3.63, 3.8) is 0 Å². The van der Waals surface area contributed by atoms with E-state index in [1.807, 2.05) is 0 Å². The lowest BCUT2D eigenvalue weighted by molar-refractivity contribution is -0.154. The summed E-state index contributed by atoms with van der Waals surface area (Å²) in [4.78, 5) is 23.0. The van der Waals surface area contributed by atoms with E-state index in [0.717, 1.165) is 0 Å². The number of carboxylic acid groups (broad SMARTS) is 1. The molecule has 0 aromatic carbocycles. The Bertz CT molecular complexity index is 317. The van der Waals surface area contributed by atoms with Gasteiger partial charge in [0.1, 0.15) is 0 Å². The molecule has 1 amide bonds. The summed E-state index contributed by atoms with van der Waals surface area (Å²) in [5, 5.41) is 12.0. The number of amides is 1. The molecule has 0 unspecified atom stereocenters. The summed E-state index contributed by atoms with van der Waals surface area (Å²) < 4.78 is 5.17. The molecule has 0 aromatic heterocycles. The minimum Gasteiger partial charge on any atom is -0.481 e. The number of hydrogen-bond donors (Lipinski definition) is 3. The Kier molecular flexibility index (Phi) is 4.70. The summed E-state index contributed by atoms with van der Waals surface area (Å²) in [5.41, 5.74) is 4.26. The Hall–Kier alpha value is -1.14. The molecule has 0 saturated carbocycles. The molecule has 6 heteroatoms. The van der Waals surface area contributed by atoms with Crippen LogP contribution in [0.5, 0.6) is 0 Å². The summed E-state index contributed by atoms with van der Waals surface area (Å²) in [6, 6.07) is 0. The predicted molar refractivity (Wildman–Crippen MR) is 66.0 cm³/mol. The highest BCUT2D eigenvalue weighted by Crippen LogP contribution is 2.30. The Morgan fingerprint density at radius 2 is 1.94 bits per heavy atom. The molecule has 1 saturated heterocycles. The summed E-state index contributed by atoms with van der Waals surface area (Å²) >= 11 is 0. The summed E-state index contributed by atoms with van der Waals surface area (Å²) in [6.45, 7) is 4.50. The van der Waals surface area contributed by atoms with Gasteiger partial charge in [0.25, 0.3) is 0 Å². The number of nitrogens with one attached hydrogen (secondary N) is 1. The lowest BCUT2D eigenvalue weighted by atomic mass is 9.80. The number of aliphatic carboxylic acids is 1. The van der Waals surface area contributed by atoms with Crippen LogP contribution < -0.4 is 11.1 Å². The molecule has 1 aliphatic heterocycles. The number of carbonyl (C=O) groups excluding carboxylic acids is 1. The monoisotopic (exact) mass is 258 g/mol. The number of carbonyl (C=O) groups is 2. The van der Waals surface area contributed by atoms with Gasteiger partial charge < -0.3 is 20.9 Å². The second kappa shape index (κ2) is 5.67. The largest absolute Gasteiger partial charge is 0.481 e. The van der Waals surface area contributed by atoms with Gasteiger partial charge in [0.05, 0.1) is 5.41 Å². The minimum absolute atomic E-state index is 0.139. The molecular formula is C12H22N2O4. The van der Waals surface area contributed by atoms with Crippen LogP contribution in [-0.4, -0.2) is 42.3 Å². The first-order chi connectivity index (χ1) is 8.25. The van der Waals surface area contributed by atoms with E-state index in [1.165, 1.54) is 0 Å². The molecule has 0 spiro atoms. The first-order valence-electron chi connectivity index (χ1n) is 6.12. The smallest absolute Gasteiger partial charge is 0.311 e. The Morgan fingerprint density at radius 1 is 1.39 bits per heavy atom. The van der Waals surface area contributed by atoms with Crippen LogP contribution >= 0.6 is 0 Å².